The molecule has 0 aliphatic carbocycles. The van der Waals surface area contributed by atoms with Crippen molar-refractivity contribution >= 4 is 23.8 Å². The molecule has 2 N–H and O–H groups in total. The van der Waals surface area contributed by atoms with Crippen molar-refractivity contribution in [3.05, 3.63) is 16.7 Å². The molecule has 5 nitrogen and oxygen atoms in total. The lowest BCUT2D eigenvalue weighted by Crippen LogP contribution is -1.97. The predicted octanol–water partition coefficient (Wildman–Crippen LogP) is 0.966. The molecular weight excluding hydrogens is 190 g/mol. The van der Waals surface area contributed by atoms with Gasteiger partial charge in [0, 0.05) is 18.7 Å². The molecule has 1 heterocycles. The van der Waals surface area contributed by atoms with Crippen LogP contribution >= 0.6 is 12.2 Å². The maximum absolute atomic E-state index is 10.4. The second kappa shape index (κ2) is 3.53. The fourth-order valence-corrected chi connectivity index (χ4v) is 1.08. The van der Waals surface area contributed by atoms with Crippen molar-refractivity contribution in [3.63, 3.8) is 0 Å². The van der Waals surface area contributed by atoms with E-state index in [1.807, 2.05) is 0 Å². The Morgan fingerprint density at radius 1 is 1.77 bits per heavy atom. The van der Waals surface area contributed by atoms with Gasteiger partial charge in [0.15, 0.2) is 10.6 Å². The van der Waals surface area contributed by atoms with E-state index in [9.17, 15) is 4.79 Å². The number of rotatable bonds is 2. The Hall–Kier alpha value is -1.43. The summed E-state index contributed by atoms with van der Waals surface area (Å²) in [6.45, 7) is 1.67. The van der Waals surface area contributed by atoms with Crippen LogP contribution in [0.15, 0.2) is 6.08 Å². The summed E-state index contributed by atoms with van der Waals surface area (Å²) in [6, 6.07) is 0. The summed E-state index contributed by atoms with van der Waals surface area (Å²) in [4.78, 5) is 10.4. The second-order valence-electron chi connectivity index (χ2n) is 2.58. The average Bonchev–Trinajstić information content (AvgIpc) is 2.31. The van der Waals surface area contributed by atoms with Crippen LogP contribution in [-0.4, -0.2) is 25.8 Å². The van der Waals surface area contributed by atoms with Crippen LogP contribution in [0.3, 0.4) is 0 Å². The molecule has 0 aliphatic heterocycles. The number of nitrogens with zero attached hydrogens (tertiary/aromatic N) is 2. The number of carboxylic acid groups (broad SMARTS) is 1. The van der Waals surface area contributed by atoms with Gasteiger partial charge in [-0.15, -0.1) is 0 Å². The Morgan fingerprint density at radius 3 is 2.77 bits per heavy atom. The first-order valence-corrected chi connectivity index (χ1v) is 3.96. The molecule has 0 saturated heterocycles. The number of hydrogen-bond donors (Lipinski definition) is 2. The number of hydrogen-bond acceptors (Lipinski definition) is 3. The first-order valence-electron chi connectivity index (χ1n) is 3.55. The molecule has 1 rings (SSSR count). The predicted molar refractivity (Wildman–Crippen MR) is 49.7 cm³/mol. The van der Waals surface area contributed by atoms with Crippen molar-refractivity contribution in [2.75, 3.05) is 0 Å². The van der Waals surface area contributed by atoms with Gasteiger partial charge in [0.1, 0.15) is 0 Å². The lowest BCUT2D eigenvalue weighted by atomic mass is 10.2. The van der Waals surface area contributed by atoms with Gasteiger partial charge in [0.2, 0.25) is 0 Å². The molecule has 0 aliphatic rings. The van der Waals surface area contributed by atoms with Gasteiger partial charge in [-0.2, -0.15) is 5.10 Å². The van der Waals surface area contributed by atoms with Crippen LogP contribution in [0.2, 0.25) is 0 Å². The van der Waals surface area contributed by atoms with Crippen LogP contribution in [0.4, 0.5) is 0 Å². The van der Waals surface area contributed by atoms with E-state index in [4.69, 9.17) is 17.3 Å². The van der Waals surface area contributed by atoms with Crippen molar-refractivity contribution in [1.29, 1.82) is 0 Å². The Morgan fingerprint density at radius 2 is 2.38 bits per heavy atom. The molecule has 0 unspecified atom stereocenters. The van der Waals surface area contributed by atoms with E-state index >= 15 is 0 Å². The molecule has 70 valence electrons. The van der Waals surface area contributed by atoms with Crippen molar-refractivity contribution < 1.29 is 9.90 Å². The fraction of sp³-hybridized carbons (Fsp3) is 0.286. The standard InChI is InChI=1S/C7H9N3O2S/c1-4(3-5(11)12)6-8-9-7(13)10(6)2/h3H,1-2H3,(H,9,13)(H,11,12). The van der Waals surface area contributed by atoms with E-state index < -0.39 is 5.97 Å². The largest absolute Gasteiger partial charge is 0.478 e. The Balaban J connectivity index is 3.16. The summed E-state index contributed by atoms with van der Waals surface area (Å²) < 4.78 is 2.08. The third-order valence-electron chi connectivity index (χ3n) is 1.57. The molecule has 0 aromatic carbocycles. The minimum atomic E-state index is -0.994. The Bertz CT molecular complexity index is 416. The number of allylic oxidation sites excluding steroid dienone is 1. The minimum Gasteiger partial charge on any atom is -0.478 e. The summed E-state index contributed by atoms with van der Waals surface area (Å²) in [7, 11) is 1.72. The van der Waals surface area contributed by atoms with Crippen molar-refractivity contribution in [3.8, 4) is 0 Å². The molecule has 1 aromatic heterocycles. The van der Waals surface area contributed by atoms with Crippen LogP contribution < -0.4 is 0 Å². The number of aliphatic carboxylic acids is 1. The zero-order valence-corrected chi connectivity index (χ0v) is 8.05. The number of H-pyrrole nitrogens is 1. The first kappa shape index (κ1) is 9.66. The fourth-order valence-electron chi connectivity index (χ4n) is 0.949. The number of aromatic amines is 1. The molecular formula is C7H9N3O2S. The minimum absolute atomic E-state index is 0.466. The molecule has 6 heteroatoms. The van der Waals surface area contributed by atoms with Gasteiger partial charge in [-0.3, -0.25) is 5.10 Å². The highest BCUT2D eigenvalue weighted by Gasteiger charge is 2.05. The Labute approximate surface area is 79.7 Å². The number of nitrogens with one attached hydrogen (secondary N) is 1. The molecule has 1 aromatic rings. The lowest BCUT2D eigenvalue weighted by molar-refractivity contribution is -0.131. The first-order chi connectivity index (χ1) is 6.02. The highest BCUT2D eigenvalue weighted by Crippen LogP contribution is 2.08. The average molecular weight is 199 g/mol. The molecule has 0 amide bonds. The third-order valence-corrected chi connectivity index (χ3v) is 1.94. The molecule has 0 saturated carbocycles. The molecule has 0 bridgehead atoms. The zero-order chi connectivity index (χ0) is 10.0. The third kappa shape index (κ3) is 2.03. The summed E-state index contributed by atoms with van der Waals surface area (Å²) >= 11 is 4.88. The summed E-state index contributed by atoms with van der Waals surface area (Å²) in [5.74, 6) is -0.459. The van der Waals surface area contributed by atoms with Gasteiger partial charge in [-0.05, 0) is 19.1 Å². The van der Waals surface area contributed by atoms with E-state index in [2.05, 4.69) is 10.2 Å². The molecule has 0 fully saturated rings. The number of carboxylic acids is 1. The van der Waals surface area contributed by atoms with Crippen LogP contribution in [0.1, 0.15) is 12.7 Å². The van der Waals surface area contributed by atoms with Crippen LogP contribution in [0.5, 0.6) is 0 Å². The normalized spacial score (nSPS) is 11.7. The smallest absolute Gasteiger partial charge is 0.328 e. The summed E-state index contributed by atoms with van der Waals surface area (Å²) in [6.07, 6.45) is 1.09. The highest BCUT2D eigenvalue weighted by molar-refractivity contribution is 7.71. The molecule has 13 heavy (non-hydrogen) atoms. The molecule has 0 radical (unpaired) electrons. The van der Waals surface area contributed by atoms with Crippen molar-refractivity contribution in [1.82, 2.24) is 14.8 Å². The van der Waals surface area contributed by atoms with E-state index in [1.54, 1.807) is 18.5 Å². The van der Waals surface area contributed by atoms with Gasteiger partial charge in [-0.1, -0.05) is 0 Å². The molecule has 0 atom stereocenters. The van der Waals surface area contributed by atoms with Gasteiger partial charge in [-0.25, -0.2) is 4.79 Å². The molecule has 0 spiro atoms. The van der Waals surface area contributed by atoms with E-state index in [0.717, 1.165) is 6.08 Å². The lowest BCUT2D eigenvalue weighted by Gasteiger charge is -1.97. The summed E-state index contributed by atoms with van der Waals surface area (Å²) in [5.41, 5.74) is 0.558. The SMILES string of the molecule is CC(=CC(=O)O)c1n[nH]c(=S)n1C. The Kier molecular flexibility index (Phi) is 2.62. The van der Waals surface area contributed by atoms with E-state index in [-0.39, 0.29) is 0 Å². The number of aromatic nitrogens is 3. The van der Waals surface area contributed by atoms with Gasteiger partial charge < -0.3 is 9.67 Å². The van der Waals surface area contributed by atoms with Gasteiger partial charge in [0.05, 0.1) is 0 Å². The maximum atomic E-state index is 10.4. The van der Waals surface area contributed by atoms with E-state index in [1.165, 1.54) is 0 Å². The van der Waals surface area contributed by atoms with Crippen LogP contribution in [0.25, 0.3) is 5.57 Å². The second-order valence-corrected chi connectivity index (χ2v) is 2.96. The topological polar surface area (TPSA) is 70.9 Å². The number of carbonyl (C=O) groups is 1. The quantitative estimate of drug-likeness (QED) is 0.550. The van der Waals surface area contributed by atoms with Gasteiger partial charge in [0.25, 0.3) is 0 Å². The maximum Gasteiger partial charge on any atom is 0.328 e. The van der Waals surface area contributed by atoms with Crippen LogP contribution in [0, 0.1) is 4.77 Å². The highest BCUT2D eigenvalue weighted by atomic mass is 32.1. The van der Waals surface area contributed by atoms with Gasteiger partial charge >= 0.3 is 5.97 Å². The summed E-state index contributed by atoms with van der Waals surface area (Å²) in [5, 5.41) is 14.9. The monoisotopic (exact) mass is 199 g/mol. The zero-order valence-electron chi connectivity index (χ0n) is 7.24. The van der Waals surface area contributed by atoms with E-state index in [0.29, 0.717) is 16.2 Å². The van der Waals surface area contributed by atoms with Crippen molar-refractivity contribution in [2.45, 2.75) is 6.92 Å². The van der Waals surface area contributed by atoms with Crippen molar-refractivity contribution in [2.24, 2.45) is 7.05 Å². The van der Waals surface area contributed by atoms with Crippen LogP contribution in [-0.2, 0) is 11.8 Å².